The van der Waals surface area contributed by atoms with Crippen molar-refractivity contribution in [1.29, 1.82) is 0 Å². The summed E-state index contributed by atoms with van der Waals surface area (Å²) < 4.78 is 16.8. The number of morpholine rings is 1. The number of rotatable bonds is 6. The van der Waals surface area contributed by atoms with Crippen LogP contribution in [0.15, 0.2) is 42.1 Å². The van der Waals surface area contributed by atoms with Gasteiger partial charge in [-0.05, 0) is 36.8 Å². The predicted molar refractivity (Wildman–Crippen MR) is 110 cm³/mol. The van der Waals surface area contributed by atoms with Crippen molar-refractivity contribution in [2.75, 3.05) is 44.4 Å². The summed E-state index contributed by atoms with van der Waals surface area (Å²) in [6.45, 7) is 6.23. The molecule has 0 atom stereocenters. The van der Waals surface area contributed by atoms with E-state index in [1.807, 2.05) is 43.3 Å². The third-order valence-electron chi connectivity index (χ3n) is 4.90. The average molecular weight is 395 g/mol. The number of nitrogens with zero attached hydrogens (tertiary/aromatic N) is 2. The number of hydrogen-bond donors (Lipinski definition) is 1. The van der Waals surface area contributed by atoms with E-state index >= 15 is 0 Å². The summed E-state index contributed by atoms with van der Waals surface area (Å²) in [6, 6.07) is 9.62. The zero-order chi connectivity index (χ0) is 20.1. The molecule has 0 unspecified atom stereocenters. The number of aromatic nitrogens is 1. The second kappa shape index (κ2) is 8.96. The Balaban J connectivity index is 1.41. The number of ether oxygens (including phenoxy) is 3. The first-order chi connectivity index (χ1) is 14.2. The van der Waals surface area contributed by atoms with Crippen LogP contribution in [-0.2, 0) is 16.1 Å². The smallest absolute Gasteiger partial charge is 0.250 e. The van der Waals surface area contributed by atoms with Gasteiger partial charge >= 0.3 is 0 Å². The standard InChI is InChI=1S/C22H25N3O4/c1-2-28-19-5-3-4-17-13-18(15-29-21(17)19)22(26)24-14-16-6-7-23-20(12-16)25-8-10-27-11-9-25/h3-7,12-13H,2,8-11,14-15H2,1H3,(H,24,26). The topological polar surface area (TPSA) is 72.9 Å². The number of para-hydroxylation sites is 1. The number of anilines is 1. The monoisotopic (exact) mass is 395 g/mol. The largest absolute Gasteiger partial charge is 0.490 e. The van der Waals surface area contributed by atoms with Crippen molar-refractivity contribution in [2.45, 2.75) is 13.5 Å². The summed E-state index contributed by atoms with van der Waals surface area (Å²) in [5, 5.41) is 2.98. The van der Waals surface area contributed by atoms with Gasteiger partial charge in [0.25, 0.3) is 5.91 Å². The average Bonchev–Trinajstić information content (AvgIpc) is 2.78. The molecule has 1 aromatic heterocycles. The number of carbonyl (C=O) groups is 1. The highest BCUT2D eigenvalue weighted by Crippen LogP contribution is 2.35. The molecule has 2 aliphatic rings. The van der Waals surface area contributed by atoms with Gasteiger partial charge < -0.3 is 24.4 Å². The van der Waals surface area contributed by atoms with Crippen molar-refractivity contribution in [3.8, 4) is 11.5 Å². The van der Waals surface area contributed by atoms with Gasteiger partial charge in [-0.15, -0.1) is 0 Å². The summed E-state index contributed by atoms with van der Waals surface area (Å²) in [6.07, 6.45) is 3.64. The van der Waals surface area contributed by atoms with Crippen LogP contribution in [0.2, 0.25) is 0 Å². The van der Waals surface area contributed by atoms with Gasteiger partial charge in [-0.25, -0.2) is 4.98 Å². The highest BCUT2D eigenvalue weighted by Gasteiger charge is 2.20. The number of hydrogen-bond acceptors (Lipinski definition) is 6. The third-order valence-corrected chi connectivity index (χ3v) is 4.90. The second-order valence-electron chi connectivity index (χ2n) is 6.87. The Kier molecular flexibility index (Phi) is 5.95. The van der Waals surface area contributed by atoms with E-state index in [1.165, 1.54) is 0 Å². The summed E-state index contributed by atoms with van der Waals surface area (Å²) in [5.74, 6) is 2.17. The maximum absolute atomic E-state index is 12.6. The molecule has 3 heterocycles. The summed E-state index contributed by atoms with van der Waals surface area (Å²) in [5.41, 5.74) is 2.45. The SMILES string of the molecule is CCOc1cccc2c1OCC(C(=O)NCc1ccnc(N3CCOCC3)c1)=C2. The number of nitrogens with one attached hydrogen (secondary N) is 1. The first-order valence-corrected chi connectivity index (χ1v) is 9.89. The van der Waals surface area contributed by atoms with Gasteiger partial charge in [0.15, 0.2) is 11.5 Å². The Morgan fingerprint density at radius 1 is 1.28 bits per heavy atom. The lowest BCUT2D eigenvalue weighted by Gasteiger charge is -2.28. The van der Waals surface area contributed by atoms with Gasteiger partial charge in [-0.2, -0.15) is 0 Å². The van der Waals surface area contributed by atoms with Crippen molar-refractivity contribution in [1.82, 2.24) is 10.3 Å². The minimum atomic E-state index is -0.137. The Labute approximate surface area is 170 Å². The van der Waals surface area contributed by atoms with E-state index < -0.39 is 0 Å². The molecule has 2 aromatic rings. The molecule has 7 heteroatoms. The molecule has 29 heavy (non-hydrogen) atoms. The Hall–Kier alpha value is -3.06. The molecular formula is C22H25N3O4. The molecule has 152 valence electrons. The van der Waals surface area contributed by atoms with E-state index in [4.69, 9.17) is 14.2 Å². The molecule has 0 radical (unpaired) electrons. The van der Waals surface area contributed by atoms with Gasteiger partial charge in [0.2, 0.25) is 0 Å². The van der Waals surface area contributed by atoms with Crippen molar-refractivity contribution in [3.63, 3.8) is 0 Å². The van der Waals surface area contributed by atoms with Crippen LogP contribution in [0.25, 0.3) is 6.08 Å². The fourth-order valence-electron chi connectivity index (χ4n) is 3.41. The van der Waals surface area contributed by atoms with Gasteiger partial charge in [-0.1, -0.05) is 12.1 Å². The van der Waals surface area contributed by atoms with Crippen LogP contribution in [0.5, 0.6) is 11.5 Å². The number of pyridine rings is 1. The maximum Gasteiger partial charge on any atom is 0.250 e. The number of benzene rings is 1. The van der Waals surface area contributed by atoms with E-state index in [0.29, 0.717) is 43.4 Å². The van der Waals surface area contributed by atoms with Crippen molar-refractivity contribution in [3.05, 3.63) is 53.2 Å². The fourth-order valence-corrected chi connectivity index (χ4v) is 3.41. The predicted octanol–water partition coefficient (Wildman–Crippen LogP) is 2.41. The molecule has 2 aliphatic heterocycles. The molecule has 1 amide bonds. The third kappa shape index (κ3) is 4.51. The van der Waals surface area contributed by atoms with E-state index in [2.05, 4.69) is 15.2 Å². The van der Waals surface area contributed by atoms with Crippen molar-refractivity contribution in [2.24, 2.45) is 0 Å². The first kappa shape index (κ1) is 19.3. The van der Waals surface area contributed by atoms with Crippen LogP contribution < -0.4 is 19.7 Å². The minimum absolute atomic E-state index is 0.137. The zero-order valence-corrected chi connectivity index (χ0v) is 16.5. The van der Waals surface area contributed by atoms with E-state index in [1.54, 1.807) is 6.20 Å². The zero-order valence-electron chi connectivity index (χ0n) is 16.5. The molecule has 7 nitrogen and oxygen atoms in total. The van der Waals surface area contributed by atoms with Crippen LogP contribution >= 0.6 is 0 Å². The molecule has 0 spiro atoms. The lowest BCUT2D eigenvalue weighted by atomic mass is 10.1. The normalized spacial score (nSPS) is 15.8. The highest BCUT2D eigenvalue weighted by atomic mass is 16.5. The van der Waals surface area contributed by atoms with Gasteiger partial charge in [0, 0.05) is 31.4 Å². The summed E-state index contributed by atoms with van der Waals surface area (Å²) in [7, 11) is 0. The van der Waals surface area contributed by atoms with Gasteiger partial charge in [-0.3, -0.25) is 4.79 Å². The summed E-state index contributed by atoms with van der Waals surface area (Å²) in [4.78, 5) is 19.3. The number of fused-ring (bicyclic) bond motifs is 1. The molecule has 1 N–H and O–H groups in total. The van der Waals surface area contributed by atoms with E-state index in [9.17, 15) is 4.79 Å². The molecular weight excluding hydrogens is 370 g/mol. The van der Waals surface area contributed by atoms with E-state index in [-0.39, 0.29) is 12.5 Å². The highest BCUT2D eigenvalue weighted by molar-refractivity contribution is 5.99. The quantitative estimate of drug-likeness (QED) is 0.810. The van der Waals surface area contributed by atoms with Crippen molar-refractivity contribution < 1.29 is 19.0 Å². The maximum atomic E-state index is 12.6. The molecule has 1 saturated heterocycles. The lowest BCUT2D eigenvalue weighted by molar-refractivity contribution is -0.117. The van der Waals surface area contributed by atoms with Crippen LogP contribution in [-0.4, -0.2) is 50.4 Å². The molecule has 1 aromatic carbocycles. The van der Waals surface area contributed by atoms with Crippen LogP contribution in [0.1, 0.15) is 18.1 Å². The fraction of sp³-hybridized carbons (Fsp3) is 0.364. The first-order valence-electron chi connectivity index (χ1n) is 9.89. The Morgan fingerprint density at radius 3 is 2.97 bits per heavy atom. The minimum Gasteiger partial charge on any atom is -0.490 e. The van der Waals surface area contributed by atoms with Crippen LogP contribution in [0.4, 0.5) is 5.82 Å². The van der Waals surface area contributed by atoms with Crippen LogP contribution in [0, 0.1) is 0 Å². The van der Waals surface area contributed by atoms with Gasteiger partial charge in [0.1, 0.15) is 12.4 Å². The Bertz CT molecular complexity index is 907. The number of carbonyl (C=O) groups excluding carboxylic acids is 1. The molecule has 0 bridgehead atoms. The Morgan fingerprint density at radius 2 is 2.14 bits per heavy atom. The molecule has 4 rings (SSSR count). The van der Waals surface area contributed by atoms with Gasteiger partial charge in [0.05, 0.1) is 25.4 Å². The van der Waals surface area contributed by atoms with Crippen molar-refractivity contribution >= 4 is 17.8 Å². The number of amides is 1. The van der Waals surface area contributed by atoms with E-state index in [0.717, 1.165) is 30.0 Å². The summed E-state index contributed by atoms with van der Waals surface area (Å²) >= 11 is 0. The molecule has 0 aliphatic carbocycles. The molecule has 1 fully saturated rings. The lowest BCUT2D eigenvalue weighted by Crippen LogP contribution is -2.36. The second-order valence-corrected chi connectivity index (χ2v) is 6.87. The van der Waals surface area contributed by atoms with Crippen LogP contribution in [0.3, 0.4) is 0 Å². The molecule has 0 saturated carbocycles.